The van der Waals surface area contributed by atoms with E-state index in [0.29, 0.717) is 24.5 Å². The van der Waals surface area contributed by atoms with Gasteiger partial charge in [0.2, 0.25) is 0 Å². The number of rotatable bonds is 4. The molecular weight excluding hydrogens is 369 g/mol. The van der Waals surface area contributed by atoms with E-state index in [1.807, 2.05) is 25.2 Å². The number of aromatic nitrogens is 3. The average molecular weight is 391 g/mol. The fourth-order valence-electron chi connectivity index (χ4n) is 3.64. The number of carbonyl (C=O) groups excluding carboxylic acids is 1. The fourth-order valence-corrected chi connectivity index (χ4v) is 3.64. The van der Waals surface area contributed by atoms with Crippen molar-refractivity contribution in [2.45, 2.75) is 18.8 Å². The Morgan fingerprint density at radius 1 is 1.17 bits per heavy atom. The Morgan fingerprint density at radius 3 is 2.76 bits per heavy atom. The number of anilines is 1. The van der Waals surface area contributed by atoms with E-state index in [0.717, 1.165) is 29.9 Å². The highest BCUT2D eigenvalue weighted by molar-refractivity contribution is 5.94. The van der Waals surface area contributed by atoms with Gasteiger partial charge in [0.05, 0.1) is 5.69 Å². The van der Waals surface area contributed by atoms with Crippen LogP contribution >= 0.6 is 0 Å². The molecule has 1 saturated heterocycles. The minimum atomic E-state index is -0.402. The molecule has 1 aliphatic heterocycles. The highest BCUT2D eigenvalue weighted by Gasteiger charge is 2.27. The number of halogens is 1. The molecule has 1 N–H and O–H groups in total. The van der Waals surface area contributed by atoms with Crippen LogP contribution in [0.3, 0.4) is 0 Å². The number of pyridine rings is 1. The van der Waals surface area contributed by atoms with Crippen molar-refractivity contribution in [2.75, 3.05) is 25.5 Å². The molecular formula is C22H22FN5O. The smallest absolute Gasteiger partial charge is 0.253 e. The Morgan fingerprint density at radius 2 is 2.00 bits per heavy atom. The van der Waals surface area contributed by atoms with Crippen LogP contribution in [0.25, 0.3) is 11.4 Å². The number of benzene rings is 1. The predicted molar refractivity (Wildman–Crippen MR) is 109 cm³/mol. The van der Waals surface area contributed by atoms with E-state index >= 15 is 0 Å². The first-order chi connectivity index (χ1) is 14.1. The maximum atomic E-state index is 13.5. The Hall–Kier alpha value is -3.35. The molecule has 4 rings (SSSR count). The van der Waals surface area contributed by atoms with Crippen molar-refractivity contribution in [1.82, 2.24) is 19.9 Å². The quantitative estimate of drug-likeness (QED) is 0.734. The van der Waals surface area contributed by atoms with Crippen LogP contribution < -0.4 is 5.32 Å². The lowest BCUT2D eigenvalue weighted by Gasteiger charge is -2.32. The van der Waals surface area contributed by atoms with Crippen LogP contribution in [0.15, 0.2) is 54.9 Å². The van der Waals surface area contributed by atoms with E-state index < -0.39 is 5.82 Å². The monoisotopic (exact) mass is 391 g/mol. The molecule has 3 aromatic rings. The molecule has 0 spiro atoms. The average Bonchev–Trinajstić information content (AvgIpc) is 2.79. The molecule has 1 aromatic carbocycles. The van der Waals surface area contributed by atoms with Crippen molar-refractivity contribution >= 4 is 11.7 Å². The van der Waals surface area contributed by atoms with Crippen LogP contribution in [0.1, 0.15) is 34.8 Å². The molecule has 0 aliphatic carbocycles. The van der Waals surface area contributed by atoms with Crippen molar-refractivity contribution in [3.05, 3.63) is 71.9 Å². The molecule has 0 saturated carbocycles. The largest absolute Gasteiger partial charge is 0.373 e. The van der Waals surface area contributed by atoms with Crippen molar-refractivity contribution in [3.8, 4) is 11.4 Å². The van der Waals surface area contributed by atoms with Crippen LogP contribution in [0.2, 0.25) is 0 Å². The number of likely N-dealkylation sites (tertiary alicyclic amines) is 1. The maximum absolute atomic E-state index is 13.5. The third-order valence-electron chi connectivity index (χ3n) is 5.14. The van der Waals surface area contributed by atoms with Crippen molar-refractivity contribution < 1.29 is 9.18 Å². The predicted octanol–water partition coefficient (Wildman–Crippen LogP) is 3.74. The summed E-state index contributed by atoms with van der Waals surface area (Å²) < 4.78 is 13.5. The van der Waals surface area contributed by atoms with E-state index in [1.165, 1.54) is 12.1 Å². The molecule has 29 heavy (non-hydrogen) atoms. The highest BCUT2D eigenvalue weighted by Crippen LogP contribution is 2.29. The number of amides is 1. The van der Waals surface area contributed by atoms with Crippen LogP contribution in [0.4, 0.5) is 10.2 Å². The molecule has 148 valence electrons. The summed E-state index contributed by atoms with van der Waals surface area (Å²) in [6, 6.07) is 11.5. The van der Waals surface area contributed by atoms with Gasteiger partial charge in [0.25, 0.3) is 5.91 Å². The van der Waals surface area contributed by atoms with E-state index in [-0.39, 0.29) is 11.8 Å². The van der Waals surface area contributed by atoms with Gasteiger partial charge in [0, 0.05) is 55.6 Å². The molecule has 3 heterocycles. The number of hydrogen-bond acceptors (Lipinski definition) is 5. The summed E-state index contributed by atoms with van der Waals surface area (Å²) in [6.45, 7) is 1.21. The van der Waals surface area contributed by atoms with E-state index in [2.05, 4.69) is 15.3 Å². The van der Waals surface area contributed by atoms with Crippen LogP contribution in [-0.2, 0) is 0 Å². The minimum Gasteiger partial charge on any atom is -0.373 e. The fraction of sp³-hybridized carbons (Fsp3) is 0.273. The molecule has 0 bridgehead atoms. The molecule has 1 aliphatic rings. The first-order valence-electron chi connectivity index (χ1n) is 9.66. The second-order valence-electron chi connectivity index (χ2n) is 7.09. The number of carbonyl (C=O) groups is 1. The Labute approximate surface area is 168 Å². The molecule has 1 amide bonds. The van der Waals surface area contributed by atoms with Gasteiger partial charge in [0.1, 0.15) is 11.6 Å². The zero-order chi connectivity index (χ0) is 20.2. The summed E-state index contributed by atoms with van der Waals surface area (Å²) in [5, 5.41) is 3.09. The molecule has 6 nitrogen and oxygen atoms in total. The maximum Gasteiger partial charge on any atom is 0.253 e. The van der Waals surface area contributed by atoms with Gasteiger partial charge in [-0.3, -0.25) is 9.78 Å². The van der Waals surface area contributed by atoms with Crippen molar-refractivity contribution in [3.63, 3.8) is 0 Å². The summed E-state index contributed by atoms with van der Waals surface area (Å²) in [5.41, 5.74) is 2.16. The van der Waals surface area contributed by atoms with Gasteiger partial charge in [-0.1, -0.05) is 6.07 Å². The number of hydrogen-bond donors (Lipinski definition) is 1. The van der Waals surface area contributed by atoms with Gasteiger partial charge in [-0.25, -0.2) is 14.4 Å². The Kier molecular flexibility index (Phi) is 5.46. The van der Waals surface area contributed by atoms with Crippen LogP contribution in [0.5, 0.6) is 0 Å². The van der Waals surface area contributed by atoms with Crippen LogP contribution in [0, 0.1) is 5.82 Å². The van der Waals surface area contributed by atoms with Gasteiger partial charge in [0.15, 0.2) is 5.82 Å². The lowest BCUT2D eigenvalue weighted by atomic mass is 9.93. The van der Waals surface area contributed by atoms with Gasteiger partial charge in [-0.05, 0) is 43.2 Å². The Balaban J connectivity index is 1.60. The number of nitrogens with one attached hydrogen (secondary N) is 1. The van der Waals surface area contributed by atoms with Crippen molar-refractivity contribution in [1.29, 1.82) is 0 Å². The van der Waals surface area contributed by atoms with E-state index in [1.54, 1.807) is 29.4 Å². The standard InChI is InChI=1S/C22H22FN5O/c1-24-20-13-19(26-21(27-20)15-7-9-25-10-8-15)17-5-3-11-28(14-17)22(29)16-4-2-6-18(23)12-16/h2,4,6-10,12-13,17H,3,5,11,14H2,1H3,(H,24,26,27)/t17-/m0/s1. The highest BCUT2D eigenvalue weighted by atomic mass is 19.1. The van der Waals surface area contributed by atoms with E-state index in [9.17, 15) is 9.18 Å². The lowest BCUT2D eigenvalue weighted by molar-refractivity contribution is 0.0705. The first-order valence-corrected chi connectivity index (χ1v) is 9.66. The number of nitrogens with zero attached hydrogens (tertiary/aromatic N) is 4. The molecule has 0 radical (unpaired) electrons. The van der Waals surface area contributed by atoms with Crippen LogP contribution in [-0.4, -0.2) is 45.9 Å². The van der Waals surface area contributed by atoms with Gasteiger partial charge >= 0.3 is 0 Å². The summed E-state index contributed by atoms with van der Waals surface area (Å²) in [4.78, 5) is 28.0. The zero-order valence-electron chi connectivity index (χ0n) is 16.2. The third kappa shape index (κ3) is 4.23. The molecule has 1 atom stereocenters. The van der Waals surface area contributed by atoms with Crippen molar-refractivity contribution in [2.24, 2.45) is 0 Å². The summed E-state index contributed by atoms with van der Waals surface area (Å²) in [5.74, 6) is 0.905. The lowest BCUT2D eigenvalue weighted by Crippen LogP contribution is -2.39. The summed E-state index contributed by atoms with van der Waals surface area (Å²) in [7, 11) is 1.82. The Bertz CT molecular complexity index is 1010. The molecule has 2 aromatic heterocycles. The summed E-state index contributed by atoms with van der Waals surface area (Å²) >= 11 is 0. The van der Waals surface area contributed by atoms with E-state index in [4.69, 9.17) is 4.98 Å². The SMILES string of the molecule is CNc1cc([C@H]2CCCN(C(=O)c3cccc(F)c3)C2)nc(-c2ccncc2)n1. The van der Waals surface area contributed by atoms with Gasteiger partial charge in [-0.15, -0.1) is 0 Å². The summed E-state index contributed by atoms with van der Waals surface area (Å²) in [6.07, 6.45) is 5.23. The topological polar surface area (TPSA) is 71.0 Å². The molecule has 7 heteroatoms. The molecule has 1 fully saturated rings. The second-order valence-corrected chi connectivity index (χ2v) is 7.09. The van der Waals surface area contributed by atoms with Gasteiger partial charge in [-0.2, -0.15) is 0 Å². The zero-order valence-corrected chi connectivity index (χ0v) is 16.2. The second kappa shape index (κ2) is 8.34. The first kappa shape index (κ1) is 19.0. The van der Waals surface area contributed by atoms with Gasteiger partial charge < -0.3 is 10.2 Å². The third-order valence-corrected chi connectivity index (χ3v) is 5.14. The minimum absolute atomic E-state index is 0.0944. The molecule has 0 unspecified atom stereocenters. The normalized spacial score (nSPS) is 16.5. The number of piperidine rings is 1.